The van der Waals surface area contributed by atoms with Crippen molar-refractivity contribution >= 4 is 55.8 Å². The minimum atomic E-state index is -3.58. The number of hydrogen-bond acceptors (Lipinski definition) is 2. The molecule has 234 valence electrons. The summed E-state index contributed by atoms with van der Waals surface area (Å²) < 4.78 is 11.3. The third-order valence-corrected chi connectivity index (χ3v) is 45.8. The maximum absolute atomic E-state index is 3.65. The van der Waals surface area contributed by atoms with Crippen LogP contribution in [0.3, 0.4) is 0 Å². The summed E-state index contributed by atoms with van der Waals surface area (Å²) in [7, 11) is -3.38. The molecule has 0 radical (unpaired) electrons. The molecule has 5 aliphatic heterocycles. The molecule has 5 aliphatic rings. The van der Waals surface area contributed by atoms with Crippen LogP contribution in [0.2, 0.25) is 75.2 Å². The van der Waals surface area contributed by atoms with Crippen LogP contribution in [0.4, 0.5) is 0 Å². The van der Waals surface area contributed by atoms with E-state index in [1.165, 1.54) is 96.1 Å². The van der Waals surface area contributed by atoms with Gasteiger partial charge in [-0.05, 0) is 0 Å². The first-order valence-corrected chi connectivity index (χ1v) is 31.1. The molecule has 0 aliphatic carbocycles. The van der Waals surface area contributed by atoms with Crippen LogP contribution in [0.15, 0.2) is 18.2 Å². The van der Waals surface area contributed by atoms with Gasteiger partial charge in [-0.1, -0.05) is 0 Å². The number of hydrogen-bond donors (Lipinski definition) is 0. The molecule has 0 spiro atoms. The molecule has 4 saturated heterocycles. The number of fused-ring (bicyclic) bond motifs is 4. The first-order chi connectivity index (χ1) is 19.8. The molecule has 0 saturated carbocycles. The predicted octanol–water partition coefficient (Wildman–Crippen LogP) is 11.1. The summed E-state index contributed by atoms with van der Waals surface area (Å²) in [6.07, 6.45) is 22.0. The molecular weight excluding hydrogens is 644 g/mol. The Morgan fingerprint density at radius 2 is 0.952 bits per heavy atom. The molecule has 0 unspecified atom stereocenters. The first kappa shape index (κ1) is 34.2. The van der Waals surface area contributed by atoms with E-state index in [1.54, 1.807) is 0 Å². The van der Waals surface area contributed by atoms with Crippen LogP contribution in [0.1, 0.15) is 118 Å². The summed E-state index contributed by atoms with van der Waals surface area (Å²) in [6, 6.07) is 0. The van der Waals surface area contributed by atoms with Gasteiger partial charge in [0, 0.05) is 0 Å². The minimum absolute atomic E-state index is 0.747. The molecule has 5 heterocycles. The average molecular weight is 711 g/mol. The van der Waals surface area contributed by atoms with E-state index in [-0.39, 0.29) is 0 Å². The van der Waals surface area contributed by atoms with Gasteiger partial charge >= 0.3 is 273 Å². The summed E-state index contributed by atoms with van der Waals surface area (Å²) in [6.45, 7) is 32.4. The molecule has 0 aromatic rings. The van der Waals surface area contributed by atoms with Crippen LogP contribution in [-0.2, 0) is 0 Å². The van der Waals surface area contributed by atoms with E-state index in [4.69, 9.17) is 0 Å². The Hall–Kier alpha value is 0.827. The van der Waals surface area contributed by atoms with Gasteiger partial charge in [-0.2, -0.15) is 0 Å². The second kappa shape index (κ2) is 13.1. The summed E-state index contributed by atoms with van der Waals surface area (Å²) in [5, 5.41) is 0. The molecular formula is C34H67B3N2Si2Sn. The van der Waals surface area contributed by atoms with Crippen molar-refractivity contribution in [2.75, 3.05) is 0 Å². The fourth-order valence-corrected chi connectivity index (χ4v) is 55.3. The second-order valence-corrected chi connectivity index (χ2v) is 40.6. The molecule has 0 aromatic heterocycles. The summed E-state index contributed by atoms with van der Waals surface area (Å²) in [5.41, 5.74) is 3.77. The van der Waals surface area contributed by atoms with Crippen molar-refractivity contribution < 1.29 is 0 Å². The molecule has 2 nitrogen and oxygen atoms in total. The Kier molecular flexibility index (Phi) is 10.7. The van der Waals surface area contributed by atoms with E-state index < -0.39 is 35.4 Å². The molecule has 8 heteroatoms. The van der Waals surface area contributed by atoms with Crippen LogP contribution in [-0.4, -0.2) is 61.2 Å². The van der Waals surface area contributed by atoms with E-state index in [1.807, 2.05) is 18.2 Å². The molecule has 4 fully saturated rings. The Morgan fingerprint density at radius 3 is 1.21 bits per heavy atom. The van der Waals surface area contributed by atoms with Crippen LogP contribution < -0.4 is 0 Å². The van der Waals surface area contributed by atoms with Crippen molar-refractivity contribution in [2.45, 2.75) is 193 Å². The van der Waals surface area contributed by atoms with Gasteiger partial charge < -0.3 is 0 Å². The Labute approximate surface area is 271 Å². The second-order valence-electron chi connectivity index (χ2n) is 17.5. The molecule has 0 amide bonds. The molecule has 42 heavy (non-hydrogen) atoms. The summed E-state index contributed by atoms with van der Waals surface area (Å²) in [4.78, 5) is 0. The van der Waals surface area contributed by atoms with E-state index >= 15 is 0 Å². The van der Waals surface area contributed by atoms with E-state index in [2.05, 4.69) is 79.3 Å². The van der Waals surface area contributed by atoms with Gasteiger partial charge in [-0.25, -0.2) is 0 Å². The topological polar surface area (TPSA) is 6.48 Å². The number of rotatable bonds is 10. The van der Waals surface area contributed by atoms with Crippen LogP contribution in [0.25, 0.3) is 0 Å². The molecule has 0 atom stereocenters. The Morgan fingerprint density at radius 1 is 0.619 bits per heavy atom. The molecule has 4 bridgehead atoms. The van der Waals surface area contributed by atoms with Crippen molar-refractivity contribution in [3.63, 3.8) is 0 Å². The van der Waals surface area contributed by atoms with Crippen molar-refractivity contribution in [2.24, 2.45) is 0 Å². The van der Waals surface area contributed by atoms with E-state index in [0.29, 0.717) is 0 Å². The molecule has 0 N–H and O–H groups in total. The van der Waals surface area contributed by atoms with Gasteiger partial charge in [0.05, 0.1) is 0 Å². The van der Waals surface area contributed by atoms with Crippen molar-refractivity contribution in [1.29, 1.82) is 0 Å². The van der Waals surface area contributed by atoms with Gasteiger partial charge in [0.1, 0.15) is 0 Å². The third kappa shape index (κ3) is 5.67. The van der Waals surface area contributed by atoms with Gasteiger partial charge in [0.2, 0.25) is 0 Å². The van der Waals surface area contributed by atoms with Gasteiger partial charge in [-0.3, -0.25) is 0 Å². The zero-order chi connectivity index (χ0) is 30.6. The van der Waals surface area contributed by atoms with E-state index in [0.717, 1.165) is 43.7 Å². The zero-order valence-electron chi connectivity index (χ0n) is 30.0. The standard InChI is InChI=1S/C12H21B.2C11H23BNSi.Sn/c1-6-11(7-2)12(8-3)13(9-4)10-5;2*1-14(2,3)13-12-10-6-4-7-11(12)9-5-8-10;/h6,9-10H2,1-5H3;2*10-11H,4-9H2,1-3H3;/q;2*-1;+2. The normalized spacial score (nSPS) is 32.5. The first-order valence-electron chi connectivity index (χ1n) is 18.8. The number of nitrogens with zero attached hydrogens (tertiary/aromatic N) is 2. The summed E-state index contributed by atoms with van der Waals surface area (Å²) >= 11 is -3.58. The molecule has 5 rings (SSSR count). The van der Waals surface area contributed by atoms with Crippen LogP contribution >= 0.6 is 0 Å². The van der Waals surface area contributed by atoms with Crippen molar-refractivity contribution in [1.82, 2.24) is 5.40 Å². The van der Waals surface area contributed by atoms with Gasteiger partial charge in [0.25, 0.3) is 0 Å². The monoisotopic (exact) mass is 712 g/mol. The summed E-state index contributed by atoms with van der Waals surface area (Å²) in [5.74, 6) is 3.81. The van der Waals surface area contributed by atoms with E-state index in [9.17, 15) is 0 Å². The van der Waals surface area contributed by atoms with Crippen molar-refractivity contribution in [3.05, 3.63) is 18.2 Å². The SMILES string of the molecule is CCB(CC)C1=[C](C)[Sn]([N](B2C3CCCC2CCC3)[Si](C)(C)C)([N](B2C3CCCC2CCC3)[Si](C)(C)C)[C](C)=C1CC. The third-order valence-electron chi connectivity index (χ3n) is 13.2. The van der Waals surface area contributed by atoms with Crippen LogP contribution in [0, 0.1) is 0 Å². The Bertz CT molecular complexity index is 952. The Balaban J connectivity index is 1.87. The van der Waals surface area contributed by atoms with Crippen LogP contribution in [0.5, 0.6) is 0 Å². The maximum atomic E-state index is 3.65. The zero-order valence-corrected chi connectivity index (χ0v) is 34.9. The van der Waals surface area contributed by atoms with Gasteiger partial charge in [0.15, 0.2) is 0 Å². The number of allylic oxidation sites excluding steroid dienone is 4. The van der Waals surface area contributed by atoms with Crippen molar-refractivity contribution in [3.8, 4) is 0 Å². The predicted molar refractivity (Wildman–Crippen MR) is 200 cm³/mol. The fraction of sp³-hybridized carbons (Fsp3) is 0.882. The fourth-order valence-electron chi connectivity index (χ4n) is 12.1. The van der Waals surface area contributed by atoms with Gasteiger partial charge in [-0.15, -0.1) is 0 Å². The average Bonchev–Trinajstić information content (AvgIpc) is 3.10. The quantitative estimate of drug-likeness (QED) is 0.208. The molecule has 0 aromatic carbocycles.